The van der Waals surface area contributed by atoms with Gasteiger partial charge in [0.15, 0.2) is 0 Å². The summed E-state index contributed by atoms with van der Waals surface area (Å²) in [4.78, 5) is 20.9. The molecule has 0 N–H and O–H groups in total. The Kier molecular flexibility index (Phi) is 9.83. The molecule has 0 unspecified atom stereocenters. The van der Waals surface area contributed by atoms with Crippen LogP contribution in [0.3, 0.4) is 0 Å². The molecule has 0 aliphatic heterocycles. The highest BCUT2D eigenvalue weighted by Gasteiger charge is 2.02. The van der Waals surface area contributed by atoms with Gasteiger partial charge < -0.3 is 9.47 Å². The second-order valence-electron chi connectivity index (χ2n) is 3.77. The Morgan fingerprint density at radius 3 is 2.29 bits per heavy atom. The summed E-state index contributed by atoms with van der Waals surface area (Å²) in [5.74, 6) is -0.699. The molecule has 1 aromatic rings. The van der Waals surface area contributed by atoms with Crippen LogP contribution in [-0.2, 0) is 19.1 Å². The molecule has 0 aliphatic carbocycles. The van der Waals surface area contributed by atoms with E-state index in [1.54, 1.807) is 13.0 Å². The summed E-state index contributed by atoms with van der Waals surface area (Å²) in [5, 5.41) is 0. The molecule has 0 fully saturated rings. The van der Waals surface area contributed by atoms with Gasteiger partial charge in [-0.3, -0.25) is 4.79 Å². The molecule has 0 heterocycles. The van der Waals surface area contributed by atoms with Crippen LogP contribution in [0.2, 0.25) is 0 Å². The van der Waals surface area contributed by atoms with Crippen LogP contribution in [0.1, 0.15) is 19.4 Å². The van der Waals surface area contributed by atoms with Gasteiger partial charge in [0, 0.05) is 6.92 Å². The minimum absolute atomic E-state index is 0.329. The zero-order valence-corrected chi connectivity index (χ0v) is 12.4. The van der Waals surface area contributed by atoms with E-state index in [1.807, 2.05) is 36.4 Å². The molecule has 0 bridgehead atoms. The molecule has 0 radical (unpaired) electrons. The van der Waals surface area contributed by atoms with Gasteiger partial charge in [0.25, 0.3) is 0 Å². The molecule has 0 aromatic heterocycles. The molecule has 4 heteroatoms. The molecule has 0 amide bonds. The molecule has 4 nitrogen and oxygen atoms in total. The van der Waals surface area contributed by atoms with Gasteiger partial charge in [-0.25, -0.2) is 4.79 Å². The lowest BCUT2D eigenvalue weighted by molar-refractivity contribution is -0.138. The molecule has 0 spiro atoms. The number of ether oxygens (including phenoxy) is 2. The van der Waals surface area contributed by atoms with Crippen LogP contribution < -0.4 is 0 Å². The van der Waals surface area contributed by atoms with Crippen molar-refractivity contribution >= 4 is 18.0 Å². The minimum atomic E-state index is -0.371. The first-order chi connectivity index (χ1) is 10.0. The van der Waals surface area contributed by atoms with E-state index in [-0.39, 0.29) is 11.9 Å². The topological polar surface area (TPSA) is 52.6 Å². The molecule has 1 rings (SSSR count). The van der Waals surface area contributed by atoms with Crippen LogP contribution in [0.15, 0.2) is 61.4 Å². The summed E-state index contributed by atoms with van der Waals surface area (Å²) in [6.07, 6.45) is 4.59. The maximum atomic E-state index is 11.2. The van der Waals surface area contributed by atoms with E-state index in [4.69, 9.17) is 4.74 Å². The SMILES string of the molecule is C=C(C=Cc1ccccc1)C(=O)OCC.C=COC(C)=O. The molecule has 0 saturated carbocycles. The predicted molar refractivity (Wildman–Crippen MR) is 83.2 cm³/mol. The molecule has 112 valence electrons. The van der Waals surface area contributed by atoms with Crippen molar-refractivity contribution in [2.45, 2.75) is 13.8 Å². The van der Waals surface area contributed by atoms with Crippen molar-refractivity contribution in [2.24, 2.45) is 0 Å². The molecule has 0 aliphatic rings. The Balaban J connectivity index is 0.000000567. The summed E-state index contributed by atoms with van der Waals surface area (Å²) < 4.78 is 8.97. The third kappa shape index (κ3) is 9.90. The summed E-state index contributed by atoms with van der Waals surface area (Å²) >= 11 is 0. The number of carbonyl (C=O) groups excluding carboxylic acids is 2. The number of hydrogen-bond acceptors (Lipinski definition) is 4. The van der Waals surface area contributed by atoms with Gasteiger partial charge in [0.2, 0.25) is 0 Å². The average molecular weight is 288 g/mol. The Labute approximate surface area is 125 Å². The van der Waals surface area contributed by atoms with Crippen LogP contribution in [0.25, 0.3) is 6.08 Å². The first kappa shape index (κ1) is 18.4. The van der Waals surface area contributed by atoms with E-state index in [1.165, 1.54) is 6.92 Å². The number of benzene rings is 1. The quantitative estimate of drug-likeness (QED) is 0.360. The van der Waals surface area contributed by atoms with Gasteiger partial charge in [-0.05, 0) is 18.6 Å². The summed E-state index contributed by atoms with van der Waals surface area (Å²) in [6, 6.07) is 9.72. The normalized spacial score (nSPS) is 9.24. The van der Waals surface area contributed by atoms with Gasteiger partial charge in [-0.1, -0.05) is 49.6 Å². The van der Waals surface area contributed by atoms with Crippen molar-refractivity contribution in [3.63, 3.8) is 0 Å². The Hall–Kier alpha value is -2.62. The lowest BCUT2D eigenvalue weighted by Gasteiger charge is -1.99. The maximum Gasteiger partial charge on any atom is 0.337 e. The fraction of sp³-hybridized carbons (Fsp3) is 0.176. The third-order valence-corrected chi connectivity index (χ3v) is 2.06. The third-order valence-electron chi connectivity index (χ3n) is 2.06. The van der Waals surface area contributed by atoms with E-state index in [0.717, 1.165) is 11.8 Å². The summed E-state index contributed by atoms with van der Waals surface area (Å²) in [5.41, 5.74) is 1.39. The monoisotopic (exact) mass is 288 g/mol. The standard InChI is InChI=1S/C13H14O2.C4H6O2/c1-3-15-13(14)11(2)9-10-12-7-5-4-6-8-12;1-3-6-4(2)5/h4-10H,2-3H2,1H3;3H,1H2,2H3. The predicted octanol–water partition coefficient (Wildman–Crippen LogP) is 3.51. The van der Waals surface area contributed by atoms with E-state index in [2.05, 4.69) is 17.9 Å². The Morgan fingerprint density at radius 2 is 1.86 bits per heavy atom. The molecule has 1 aromatic carbocycles. The summed E-state index contributed by atoms with van der Waals surface area (Å²) in [6.45, 7) is 10.2. The van der Waals surface area contributed by atoms with E-state index in [9.17, 15) is 9.59 Å². The molecule has 21 heavy (non-hydrogen) atoms. The first-order valence-electron chi connectivity index (χ1n) is 6.38. The van der Waals surface area contributed by atoms with Gasteiger partial charge in [0.1, 0.15) is 0 Å². The second-order valence-corrected chi connectivity index (χ2v) is 3.77. The highest BCUT2D eigenvalue weighted by molar-refractivity contribution is 5.92. The van der Waals surface area contributed by atoms with Crippen LogP contribution in [0.5, 0.6) is 0 Å². The van der Waals surface area contributed by atoms with Crippen LogP contribution in [0.4, 0.5) is 0 Å². The van der Waals surface area contributed by atoms with Crippen molar-refractivity contribution in [1.29, 1.82) is 0 Å². The zero-order valence-electron chi connectivity index (χ0n) is 12.4. The smallest absolute Gasteiger partial charge is 0.337 e. The van der Waals surface area contributed by atoms with Gasteiger partial charge in [-0.2, -0.15) is 0 Å². The molecular weight excluding hydrogens is 268 g/mol. The largest absolute Gasteiger partial charge is 0.462 e. The molecular formula is C17H20O4. The Bertz CT molecular complexity index is 501. The molecule has 0 atom stereocenters. The number of rotatable bonds is 5. The second kappa shape index (κ2) is 11.2. The number of esters is 2. The van der Waals surface area contributed by atoms with Gasteiger partial charge in [0.05, 0.1) is 18.4 Å². The highest BCUT2D eigenvalue weighted by Crippen LogP contribution is 2.05. The lowest BCUT2D eigenvalue weighted by atomic mass is 10.2. The van der Waals surface area contributed by atoms with Crippen molar-refractivity contribution < 1.29 is 19.1 Å². The van der Waals surface area contributed by atoms with Crippen LogP contribution >= 0.6 is 0 Å². The lowest BCUT2D eigenvalue weighted by Crippen LogP contribution is -2.04. The number of carbonyl (C=O) groups is 2. The fourth-order valence-corrected chi connectivity index (χ4v) is 1.17. The van der Waals surface area contributed by atoms with Gasteiger partial charge >= 0.3 is 11.9 Å². The summed E-state index contributed by atoms with van der Waals surface area (Å²) in [7, 11) is 0. The average Bonchev–Trinajstić information content (AvgIpc) is 2.46. The van der Waals surface area contributed by atoms with E-state index >= 15 is 0 Å². The molecule has 0 saturated heterocycles. The van der Waals surface area contributed by atoms with E-state index in [0.29, 0.717) is 12.2 Å². The van der Waals surface area contributed by atoms with Crippen molar-refractivity contribution in [3.8, 4) is 0 Å². The Morgan fingerprint density at radius 1 is 1.24 bits per heavy atom. The number of hydrogen-bond donors (Lipinski definition) is 0. The zero-order chi connectivity index (χ0) is 16.1. The van der Waals surface area contributed by atoms with Crippen LogP contribution in [0, 0.1) is 0 Å². The fourth-order valence-electron chi connectivity index (χ4n) is 1.17. The van der Waals surface area contributed by atoms with Crippen molar-refractivity contribution in [1.82, 2.24) is 0 Å². The van der Waals surface area contributed by atoms with Gasteiger partial charge in [-0.15, -0.1) is 0 Å². The maximum absolute atomic E-state index is 11.2. The van der Waals surface area contributed by atoms with Crippen LogP contribution in [-0.4, -0.2) is 18.5 Å². The van der Waals surface area contributed by atoms with Crippen molar-refractivity contribution in [2.75, 3.05) is 6.61 Å². The minimum Gasteiger partial charge on any atom is -0.462 e. The highest BCUT2D eigenvalue weighted by atomic mass is 16.5. The first-order valence-corrected chi connectivity index (χ1v) is 6.38. The van der Waals surface area contributed by atoms with Crippen molar-refractivity contribution in [3.05, 3.63) is 67.0 Å². The van der Waals surface area contributed by atoms with E-state index < -0.39 is 0 Å².